The van der Waals surface area contributed by atoms with E-state index in [0.717, 1.165) is 29.7 Å². The fraction of sp³-hybridized carbons (Fsp3) is 0.524. The van der Waals surface area contributed by atoms with E-state index in [1.807, 2.05) is 37.3 Å². The molecule has 4 amide bonds. The highest BCUT2D eigenvalue weighted by Gasteiger charge is 2.55. The SMILES string of the molecule is C[C@H](OC(=O)CN1C(=O)N[C@]2(CCCC[C@H]2C)C1=O)C(=O)NCc1ccccc1. The predicted molar refractivity (Wildman–Crippen MR) is 104 cm³/mol. The number of hydrogen-bond donors (Lipinski definition) is 2. The van der Waals surface area contributed by atoms with Gasteiger partial charge in [-0.1, -0.05) is 50.1 Å². The number of esters is 1. The molecule has 1 aliphatic heterocycles. The van der Waals surface area contributed by atoms with E-state index < -0.39 is 36.1 Å². The molecule has 156 valence electrons. The van der Waals surface area contributed by atoms with E-state index in [-0.39, 0.29) is 11.8 Å². The standard InChI is InChI=1S/C21H27N3O5/c1-14-8-6-7-11-21(14)19(27)24(20(28)23-21)13-17(25)29-15(2)18(26)22-12-16-9-4-3-5-10-16/h3-5,9-10,14-15H,6-8,11-13H2,1-2H3,(H,22,26)(H,23,28)/t14-,15+,21+/m1/s1. The lowest BCUT2D eigenvalue weighted by Crippen LogP contribution is -2.54. The third-order valence-electron chi connectivity index (χ3n) is 5.78. The Morgan fingerprint density at radius 3 is 2.69 bits per heavy atom. The summed E-state index contributed by atoms with van der Waals surface area (Å²) in [5, 5.41) is 5.48. The molecule has 0 aromatic heterocycles. The van der Waals surface area contributed by atoms with E-state index in [9.17, 15) is 19.2 Å². The highest BCUT2D eigenvalue weighted by atomic mass is 16.5. The number of nitrogens with one attached hydrogen (secondary N) is 2. The third kappa shape index (κ3) is 4.41. The summed E-state index contributed by atoms with van der Waals surface area (Å²) in [6.45, 7) is 3.21. The van der Waals surface area contributed by atoms with Crippen LogP contribution in [0.1, 0.15) is 45.1 Å². The molecule has 2 aliphatic rings. The van der Waals surface area contributed by atoms with Gasteiger partial charge in [-0.3, -0.25) is 19.3 Å². The Balaban J connectivity index is 1.52. The topological polar surface area (TPSA) is 105 Å². The molecule has 0 bridgehead atoms. The number of hydrogen-bond acceptors (Lipinski definition) is 5. The van der Waals surface area contributed by atoms with E-state index in [0.29, 0.717) is 13.0 Å². The lowest BCUT2D eigenvalue weighted by molar-refractivity contribution is -0.157. The van der Waals surface area contributed by atoms with Gasteiger partial charge in [0.15, 0.2) is 6.10 Å². The minimum absolute atomic E-state index is 0.0106. The summed E-state index contributed by atoms with van der Waals surface area (Å²) in [5.41, 5.74) is -0.000472. The Kier molecular flexibility index (Phi) is 6.20. The quantitative estimate of drug-likeness (QED) is 0.558. The average molecular weight is 401 g/mol. The van der Waals surface area contributed by atoms with Gasteiger partial charge in [0.2, 0.25) is 0 Å². The van der Waals surface area contributed by atoms with Crippen LogP contribution >= 0.6 is 0 Å². The molecule has 2 N–H and O–H groups in total. The summed E-state index contributed by atoms with van der Waals surface area (Å²) < 4.78 is 5.14. The molecule has 1 aromatic rings. The van der Waals surface area contributed by atoms with E-state index in [4.69, 9.17) is 4.74 Å². The molecule has 1 spiro atoms. The summed E-state index contributed by atoms with van der Waals surface area (Å²) in [7, 11) is 0. The van der Waals surface area contributed by atoms with Gasteiger partial charge in [-0.2, -0.15) is 0 Å². The summed E-state index contributed by atoms with van der Waals surface area (Å²) in [4.78, 5) is 50.5. The Morgan fingerprint density at radius 1 is 1.28 bits per heavy atom. The van der Waals surface area contributed by atoms with Crippen molar-refractivity contribution in [3.8, 4) is 0 Å². The maximum Gasteiger partial charge on any atom is 0.327 e. The molecule has 1 heterocycles. The molecule has 1 aliphatic carbocycles. The van der Waals surface area contributed by atoms with Gasteiger partial charge in [-0.15, -0.1) is 0 Å². The second-order valence-corrected chi connectivity index (χ2v) is 7.78. The summed E-state index contributed by atoms with van der Waals surface area (Å²) in [5.74, 6) is -1.61. The van der Waals surface area contributed by atoms with E-state index >= 15 is 0 Å². The van der Waals surface area contributed by atoms with Crippen molar-refractivity contribution < 1.29 is 23.9 Å². The Bertz CT molecular complexity index is 797. The van der Waals surface area contributed by atoms with Gasteiger partial charge in [-0.05, 0) is 31.2 Å². The van der Waals surface area contributed by atoms with Crippen LogP contribution in [0.4, 0.5) is 4.79 Å². The maximum atomic E-state index is 12.9. The molecule has 8 nitrogen and oxygen atoms in total. The largest absolute Gasteiger partial charge is 0.451 e. The lowest BCUT2D eigenvalue weighted by Gasteiger charge is -2.36. The van der Waals surface area contributed by atoms with Crippen LogP contribution in [0.25, 0.3) is 0 Å². The number of imide groups is 1. The molecule has 0 radical (unpaired) electrons. The molecular weight excluding hydrogens is 374 g/mol. The molecule has 2 fully saturated rings. The van der Waals surface area contributed by atoms with Gasteiger partial charge in [0, 0.05) is 6.54 Å². The first-order chi connectivity index (χ1) is 13.8. The highest BCUT2D eigenvalue weighted by Crippen LogP contribution is 2.38. The summed E-state index contributed by atoms with van der Waals surface area (Å²) in [6.07, 6.45) is 2.26. The summed E-state index contributed by atoms with van der Waals surface area (Å²) in [6, 6.07) is 8.77. The number of carbonyl (C=O) groups excluding carboxylic acids is 4. The number of urea groups is 1. The first kappa shape index (κ1) is 20.8. The molecular formula is C21H27N3O5. The van der Waals surface area contributed by atoms with E-state index in [1.165, 1.54) is 6.92 Å². The minimum atomic E-state index is -1.03. The van der Waals surface area contributed by atoms with Crippen molar-refractivity contribution in [3.63, 3.8) is 0 Å². The average Bonchev–Trinajstić information content (AvgIpc) is 2.94. The second kappa shape index (κ2) is 8.63. The maximum absolute atomic E-state index is 12.9. The van der Waals surface area contributed by atoms with Crippen LogP contribution in [0.5, 0.6) is 0 Å². The number of benzene rings is 1. The third-order valence-corrected chi connectivity index (χ3v) is 5.78. The number of rotatable bonds is 6. The molecule has 29 heavy (non-hydrogen) atoms. The van der Waals surface area contributed by atoms with Crippen LogP contribution in [0.2, 0.25) is 0 Å². The summed E-state index contributed by atoms with van der Waals surface area (Å²) >= 11 is 0. The van der Waals surface area contributed by atoms with Crippen LogP contribution in [0.15, 0.2) is 30.3 Å². The smallest absolute Gasteiger partial charge is 0.327 e. The predicted octanol–water partition coefficient (Wildman–Crippen LogP) is 1.74. The Hall–Kier alpha value is -2.90. The first-order valence-electron chi connectivity index (χ1n) is 9.98. The van der Waals surface area contributed by atoms with Crippen LogP contribution < -0.4 is 10.6 Å². The van der Waals surface area contributed by atoms with Crippen LogP contribution in [-0.2, 0) is 25.7 Å². The van der Waals surface area contributed by atoms with E-state index in [2.05, 4.69) is 10.6 Å². The van der Waals surface area contributed by atoms with Crippen molar-refractivity contribution in [1.82, 2.24) is 15.5 Å². The molecule has 3 rings (SSSR count). The van der Waals surface area contributed by atoms with Crippen molar-refractivity contribution in [3.05, 3.63) is 35.9 Å². The van der Waals surface area contributed by atoms with Crippen molar-refractivity contribution in [1.29, 1.82) is 0 Å². The highest BCUT2D eigenvalue weighted by molar-refractivity contribution is 6.09. The number of ether oxygens (including phenoxy) is 1. The zero-order chi connectivity index (χ0) is 21.0. The van der Waals surface area contributed by atoms with Crippen LogP contribution in [0.3, 0.4) is 0 Å². The van der Waals surface area contributed by atoms with Crippen LogP contribution in [-0.4, -0.2) is 46.9 Å². The molecule has 8 heteroatoms. The monoisotopic (exact) mass is 401 g/mol. The second-order valence-electron chi connectivity index (χ2n) is 7.78. The van der Waals surface area contributed by atoms with Gasteiger partial charge < -0.3 is 15.4 Å². The van der Waals surface area contributed by atoms with E-state index in [1.54, 1.807) is 0 Å². The molecule has 1 saturated carbocycles. The normalized spacial score (nSPS) is 24.9. The van der Waals surface area contributed by atoms with Crippen molar-refractivity contribution in [2.75, 3.05) is 6.54 Å². The van der Waals surface area contributed by atoms with Crippen LogP contribution in [0, 0.1) is 5.92 Å². The van der Waals surface area contributed by atoms with Crippen molar-refractivity contribution in [2.24, 2.45) is 5.92 Å². The number of nitrogens with zero attached hydrogens (tertiary/aromatic N) is 1. The molecule has 1 saturated heterocycles. The first-order valence-corrected chi connectivity index (χ1v) is 9.98. The fourth-order valence-electron chi connectivity index (χ4n) is 3.98. The van der Waals surface area contributed by atoms with Gasteiger partial charge in [0.25, 0.3) is 11.8 Å². The minimum Gasteiger partial charge on any atom is -0.451 e. The number of amides is 4. The van der Waals surface area contributed by atoms with Gasteiger partial charge in [0.1, 0.15) is 12.1 Å². The molecule has 0 unspecified atom stereocenters. The van der Waals surface area contributed by atoms with Gasteiger partial charge in [-0.25, -0.2) is 4.79 Å². The van der Waals surface area contributed by atoms with Gasteiger partial charge in [0.05, 0.1) is 0 Å². The number of carbonyl (C=O) groups is 4. The Morgan fingerprint density at radius 2 is 2.00 bits per heavy atom. The molecule has 3 atom stereocenters. The zero-order valence-corrected chi connectivity index (χ0v) is 16.8. The van der Waals surface area contributed by atoms with Crippen molar-refractivity contribution in [2.45, 2.75) is 57.7 Å². The van der Waals surface area contributed by atoms with Gasteiger partial charge >= 0.3 is 12.0 Å². The Labute approximate surface area is 170 Å². The lowest BCUT2D eigenvalue weighted by atomic mass is 9.73. The van der Waals surface area contributed by atoms with Crippen molar-refractivity contribution >= 4 is 23.8 Å². The fourth-order valence-corrected chi connectivity index (χ4v) is 3.98. The molecule has 1 aromatic carbocycles. The zero-order valence-electron chi connectivity index (χ0n) is 16.8.